The molecule has 1 fully saturated rings. The van der Waals surface area contributed by atoms with E-state index < -0.39 is 0 Å². The molecule has 1 aromatic carbocycles. The van der Waals surface area contributed by atoms with Crippen LogP contribution in [-0.2, 0) is 4.74 Å². The zero-order chi connectivity index (χ0) is 14.5. The third kappa shape index (κ3) is 3.81. The third-order valence-corrected chi connectivity index (χ3v) is 4.97. The summed E-state index contributed by atoms with van der Waals surface area (Å²) in [5.41, 5.74) is 2.25. The number of hydrogen-bond donors (Lipinski definition) is 1. The topological polar surface area (TPSA) is 64.1 Å². The number of anilines is 1. The summed E-state index contributed by atoms with van der Waals surface area (Å²) in [6, 6.07) is 7.60. The van der Waals surface area contributed by atoms with Crippen LogP contribution in [0.1, 0.15) is 23.2 Å². The summed E-state index contributed by atoms with van der Waals surface area (Å²) in [6.07, 6.45) is 2.53. The van der Waals surface area contributed by atoms with Gasteiger partial charge in [0.25, 0.3) is 5.91 Å². The Balaban J connectivity index is 1.67. The minimum atomic E-state index is -0.151. The second kappa shape index (κ2) is 7.02. The lowest BCUT2D eigenvalue weighted by molar-refractivity contribution is 0.102. The van der Waals surface area contributed by atoms with Crippen LogP contribution in [0.25, 0.3) is 0 Å². The number of hydrogen-bond acceptors (Lipinski definition) is 6. The van der Waals surface area contributed by atoms with Crippen molar-refractivity contribution in [1.29, 1.82) is 0 Å². The Morgan fingerprint density at radius 3 is 3.14 bits per heavy atom. The van der Waals surface area contributed by atoms with Gasteiger partial charge in [0.2, 0.25) is 5.13 Å². The predicted molar refractivity (Wildman–Crippen MR) is 84.0 cm³/mol. The van der Waals surface area contributed by atoms with Crippen molar-refractivity contribution in [2.75, 3.05) is 17.7 Å². The molecule has 1 aliphatic rings. The van der Waals surface area contributed by atoms with Gasteiger partial charge in [0.15, 0.2) is 0 Å². The lowest BCUT2D eigenvalue weighted by Gasteiger charge is -2.11. The molecule has 5 nitrogen and oxygen atoms in total. The lowest BCUT2D eigenvalue weighted by Crippen LogP contribution is -2.14. The number of nitrogens with zero attached hydrogens (tertiary/aromatic N) is 2. The van der Waals surface area contributed by atoms with Gasteiger partial charge in [0, 0.05) is 17.3 Å². The van der Waals surface area contributed by atoms with Gasteiger partial charge in [-0.2, -0.15) is 0 Å². The number of aromatic nitrogens is 2. The average Bonchev–Trinajstić information content (AvgIpc) is 3.18. The van der Waals surface area contributed by atoms with Crippen molar-refractivity contribution in [2.45, 2.75) is 23.8 Å². The molecule has 1 aromatic heterocycles. The number of ether oxygens (including phenoxy) is 1. The first-order valence-electron chi connectivity index (χ1n) is 6.74. The van der Waals surface area contributed by atoms with E-state index in [-0.39, 0.29) is 5.91 Å². The summed E-state index contributed by atoms with van der Waals surface area (Å²) in [5, 5.41) is 10.8. The van der Waals surface area contributed by atoms with Crippen LogP contribution >= 0.6 is 23.1 Å². The zero-order valence-corrected chi connectivity index (χ0v) is 13.0. The van der Waals surface area contributed by atoms with Gasteiger partial charge in [-0.05, 0) is 25.0 Å². The summed E-state index contributed by atoms with van der Waals surface area (Å²) in [6.45, 7) is 0.852. The Morgan fingerprint density at radius 2 is 2.38 bits per heavy atom. The molecular formula is C14H15N3O2S2. The third-order valence-electron chi connectivity index (χ3n) is 3.16. The second-order valence-corrected chi connectivity index (χ2v) is 6.54. The fraction of sp³-hybridized carbons (Fsp3) is 0.357. The molecule has 110 valence electrons. The number of thioether (sulfide) groups is 1. The van der Waals surface area contributed by atoms with Crippen LogP contribution in [0.4, 0.5) is 5.13 Å². The SMILES string of the molecule is O=C(Nc1nncs1)c1ccccc1SC[C@@H]1CCCO1. The van der Waals surface area contributed by atoms with Crippen LogP contribution in [0.15, 0.2) is 34.7 Å². The van der Waals surface area contributed by atoms with E-state index >= 15 is 0 Å². The van der Waals surface area contributed by atoms with Crippen LogP contribution in [-0.4, -0.2) is 34.6 Å². The fourth-order valence-electron chi connectivity index (χ4n) is 2.13. The molecule has 21 heavy (non-hydrogen) atoms. The zero-order valence-electron chi connectivity index (χ0n) is 11.3. The normalized spacial score (nSPS) is 17.8. The number of nitrogens with one attached hydrogen (secondary N) is 1. The van der Waals surface area contributed by atoms with Crippen molar-refractivity contribution < 1.29 is 9.53 Å². The summed E-state index contributed by atoms with van der Waals surface area (Å²) in [5.74, 6) is 0.727. The van der Waals surface area contributed by atoms with Crippen LogP contribution in [0, 0.1) is 0 Å². The van der Waals surface area contributed by atoms with Gasteiger partial charge in [-0.3, -0.25) is 10.1 Å². The Bertz CT molecular complexity index is 598. The molecule has 0 spiro atoms. The lowest BCUT2D eigenvalue weighted by atomic mass is 10.2. The highest BCUT2D eigenvalue weighted by molar-refractivity contribution is 7.99. The summed E-state index contributed by atoms with van der Waals surface area (Å²) >= 11 is 2.97. The van der Waals surface area contributed by atoms with E-state index in [0.29, 0.717) is 16.8 Å². The molecule has 0 bridgehead atoms. The number of rotatable bonds is 5. The molecule has 2 aromatic rings. The molecule has 7 heteroatoms. The Kier molecular flexibility index (Phi) is 4.84. The number of benzene rings is 1. The van der Waals surface area contributed by atoms with E-state index in [1.165, 1.54) is 11.3 Å². The van der Waals surface area contributed by atoms with E-state index in [9.17, 15) is 4.79 Å². The van der Waals surface area contributed by atoms with Gasteiger partial charge in [-0.25, -0.2) is 0 Å². The van der Waals surface area contributed by atoms with E-state index in [4.69, 9.17) is 4.74 Å². The minimum Gasteiger partial charge on any atom is -0.377 e. The number of carbonyl (C=O) groups excluding carboxylic acids is 1. The van der Waals surface area contributed by atoms with Crippen molar-refractivity contribution in [3.05, 3.63) is 35.3 Å². The fourth-order valence-corrected chi connectivity index (χ4v) is 3.69. The minimum absolute atomic E-state index is 0.151. The van der Waals surface area contributed by atoms with Crippen LogP contribution in [0.3, 0.4) is 0 Å². The number of amides is 1. The van der Waals surface area contributed by atoms with Crippen LogP contribution in [0.5, 0.6) is 0 Å². The molecule has 0 saturated carbocycles. The highest BCUT2D eigenvalue weighted by atomic mass is 32.2. The van der Waals surface area contributed by atoms with Gasteiger partial charge in [-0.1, -0.05) is 23.5 Å². The Labute approximate surface area is 131 Å². The Hall–Kier alpha value is -1.44. The van der Waals surface area contributed by atoms with E-state index in [1.807, 2.05) is 24.3 Å². The highest BCUT2D eigenvalue weighted by Gasteiger charge is 2.18. The van der Waals surface area contributed by atoms with Crippen molar-refractivity contribution in [1.82, 2.24) is 10.2 Å². The molecule has 2 heterocycles. The largest absolute Gasteiger partial charge is 0.377 e. The first-order chi connectivity index (χ1) is 10.3. The molecule has 1 N–H and O–H groups in total. The standard InChI is InChI=1S/C14H15N3O2S2/c18-13(16-14-17-15-9-21-14)11-5-1-2-6-12(11)20-8-10-4-3-7-19-10/h1-2,5-6,9-10H,3-4,7-8H2,(H,16,17,18)/t10-/m0/s1. The molecule has 1 saturated heterocycles. The summed E-state index contributed by atoms with van der Waals surface area (Å²) < 4.78 is 5.62. The predicted octanol–water partition coefficient (Wildman–Crippen LogP) is 3.06. The maximum atomic E-state index is 12.3. The van der Waals surface area contributed by atoms with Gasteiger partial charge < -0.3 is 4.74 Å². The number of carbonyl (C=O) groups is 1. The summed E-state index contributed by atoms with van der Waals surface area (Å²) in [7, 11) is 0. The van der Waals surface area contributed by atoms with E-state index in [0.717, 1.165) is 30.1 Å². The highest BCUT2D eigenvalue weighted by Crippen LogP contribution is 2.27. The van der Waals surface area contributed by atoms with Gasteiger partial charge >= 0.3 is 0 Å². The average molecular weight is 321 g/mol. The van der Waals surface area contributed by atoms with Gasteiger partial charge in [0.05, 0.1) is 11.7 Å². The molecule has 0 aliphatic carbocycles. The van der Waals surface area contributed by atoms with Crippen LogP contribution in [0.2, 0.25) is 0 Å². The molecule has 1 aliphatic heterocycles. The first kappa shape index (κ1) is 14.5. The van der Waals surface area contributed by atoms with Crippen molar-refractivity contribution >= 4 is 34.1 Å². The van der Waals surface area contributed by atoms with Crippen molar-refractivity contribution in [2.24, 2.45) is 0 Å². The van der Waals surface area contributed by atoms with Crippen molar-refractivity contribution in [3.63, 3.8) is 0 Å². The molecule has 3 rings (SSSR count). The molecule has 0 radical (unpaired) electrons. The maximum absolute atomic E-state index is 12.3. The molecule has 1 atom stereocenters. The maximum Gasteiger partial charge on any atom is 0.258 e. The monoisotopic (exact) mass is 321 g/mol. The van der Waals surface area contributed by atoms with E-state index in [1.54, 1.807) is 17.3 Å². The quantitative estimate of drug-likeness (QED) is 0.858. The van der Waals surface area contributed by atoms with Gasteiger partial charge in [-0.15, -0.1) is 22.0 Å². The Morgan fingerprint density at radius 1 is 1.48 bits per heavy atom. The smallest absolute Gasteiger partial charge is 0.258 e. The van der Waals surface area contributed by atoms with Gasteiger partial charge in [0.1, 0.15) is 5.51 Å². The van der Waals surface area contributed by atoms with E-state index in [2.05, 4.69) is 15.5 Å². The van der Waals surface area contributed by atoms with Crippen molar-refractivity contribution in [3.8, 4) is 0 Å². The van der Waals surface area contributed by atoms with Crippen LogP contribution < -0.4 is 5.32 Å². The molecule has 0 unspecified atom stereocenters. The molecule has 1 amide bonds. The second-order valence-electron chi connectivity index (χ2n) is 4.64. The summed E-state index contributed by atoms with van der Waals surface area (Å²) in [4.78, 5) is 13.3. The first-order valence-corrected chi connectivity index (χ1v) is 8.60. The molecular weight excluding hydrogens is 306 g/mol.